The van der Waals surface area contributed by atoms with E-state index in [1.807, 2.05) is 30.5 Å². The van der Waals surface area contributed by atoms with Crippen molar-refractivity contribution in [2.75, 3.05) is 32.9 Å². The van der Waals surface area contributed by atoms with E-state index in [2.05, 4.69) is 46.7 Å². The Hall–Kier alpha value is -1.66. The number of amides is 2. The van der Waals surface area contributed by atoms with Gasteiger partial charge in [-0.05, 0) is 57.2 Å². The Morgan fingerprint density at radius 1 is 1.36 bits per heavy atom. The molecule has 1 aliphatic carbocycles. The van der Waals surface area contributed by atoms with Crippen molar-refractivity contribution in [3.05, 3.63) is 35.0 Å². The third-order valence-electron chi connectivity index (χ3n) is 6.61. The number of benzene rings is 1. The number of nitrogens with zero attached hydrogens (tertiary/aromatic N) is 2. The molecule has 2 heterocycles. The van der Waals surface area contributed by atoms with Gasteiger partial charge in [0, 0.05) is 60.0 Å². The number of piperidine rings is 1. The molecular weight excluding hydrogens is 368 g/mol. The minimum absolute atomic E-state index is 0.0699. The number of hydrogen-bond acceptors (Lipinski definition) is 3. The Kier molecular flexibility index (Phi) is 5.61. The molecule has 1 saturated heterocycles. The molecule has 1 aliphatic heterocycles. The maximum Gasteiger partial charge on any atom is 0.317 e. The average Bonchev–Trinajstić information content (AvgIpc) is 3.03. The van der Waals surface area contributed by atoms with Gasteiger partial charge in [-0.25, -0.2) is 4.79 Å². The highest BCUT2D eigenvalue weighted by Crippen LogP contribution is 2.44. The van der Waals surface area contributed by atoms with Crippen molar-refractivity contribution < 1.29 is 4.79 Å². The van der Waals surface area contributed by atoms with Crippen LogP contribution in [-0.2, 0) is 12.2 Å². The van der Waals surface area contributed by atoms with Crippen molar-refractivity contribution in [1.82, 2.24) is 20.1 Å². The fourth-order valence-corrected chi connectivity index (χ4v) is 5.79. The van der Waals surface area contributed by atoms with E-state index in [9.17, 15) is 4.79 Å². The third kappa shape index (κ3) is 3.30. The number of urea groups is 1. The van der Waals surface area contributed by atoms with E-state index in [-0.39, 0.29) is 12.1 Å². The lowest BCUT2D eigenvalue weighted by Crippen LogP contribution is -2.56. The minimum atomic E-state index is 0.0699. The highest BCUT2D eigenvalue weighted by Gasteiger charge is 2.40. The molecule has 0 saturated carbocycles. The maximum atomic E-state index is 12.6. The summed E-state index contributed by atoms with van der Waals surface area (Å²) in [6.07, 6.45) is 4.29. The summed E-state index contributed by atoms with van der Waals surface area (Å²) in [6.45, 7) is 6.49. The fourth-order valence-electron chi connectivity index (χ4n) is 5.25. The SMILES string of the molecule is CCN(CC)C(=O)N[C@H]1C[C@@H]2c3cccc4[nH]c(CSC)c(c34)C[C@H]2N(C)C1. The van der Waals surface area contributed by atoms with Crippen LogP contribution in [0.15, 0.2) is 18.2 Å². The number of thioether (sulfide) groups is 1. The van der Waals surface area contributed by atoms with Crippen LogP contribution in [0.5, 0.6) is 0 Å². The summed E-state index contributed by atoms with van der Waals surface area (Å²) in [5, 5.41) is 4.74. The first-order chi connectivity index (χ1) is 13.6. The van der Waals surface area contributed by atoms with E-state index < -0.39 is 0 Å². The van der Waals surface area contributed by atoms with Crippen LogP contribution in [0.1, 0.15) is 43.0 Å². The molecule has 1 aromatic carbocycles. The highest BCUT2D eigenvalue weighted by molar-refractivity contribution is 7.97. The van der Waals surface area contributed by atoms with Crippen molar-refractivity contribution >= 4 is 28.7 Å². The number of likely N-dealkylation sites (N-methyl/N-ethyl adjacent to an activating group) is 1. The van der Waals surface area contributed by atoms with Crippen molar-refractivity contribution in [1.29, 1.82) is 0 Å². The second-order valence-electron chi connectivity index (χ2n) is 8.16. The molecule has 5 nitrogen and oxygen atoms in total. The summed E-state index contributed by atoms with van der Waals surface area (Å²) in [5.41, 5.74) is 5.63. The van der Waals surface area contributed by atoms with E-state index >= 15 is 0 Å². The number of aromatic nitrogens is 1. The summed E-state index contributed by atoms with van der Waals surface area (Å²) in [4.78, 5) is 20.6. The number of nitrogens with one attached hydrogen (secondary N) is 2. The number of hydrogen-bond donors (Lipinski definition) is 2. The van der Waals surface area contributed by atoms with Gasteiger partial charge in [-0.2, -0.15) is 11.8 Å². The van der Waals surface area contributed by atoms with E-state index in [1.54, 1.807) is 0 Å². The lowest BCUT2D eigenvalue weighted by Gasteiger charge is -2.46. The first-order valence-electron chi connectivity index (χ1n) is 10.4. The quantitative estimate of drug-likeness (QED) is 0.803. The molecule has 2 aliphatic rings. The second kappa shape index (κ2) is 7.99. The number of carbonyl (C=O) groups is 1. The molecule has 152 valence electrons. The van der Waals surface area contributed by atoms with Crippen LogP contribution in [0.2, 0.25) is 0 Å². The maximum absolute atomic E-state index is 12.6. The highest BCUT2D eigenvalue weighted by atomic mass is 32.2. The van der Waals surface area contributed by atoms with Crippen LogP contribution in [0.3, 0.4) is 0 Å². The largest absolute Gasteiger partial charge is 0.357 e. The van der Waals surface area contributed by atoms with Gasteiger partial charge in [0.05, 0.1) is 0 Å². The van der Waals surface area contributed by atoms with Crippen LogP contribution in [0.4, 0.5) is 4.79 Å². The molecule has 3 atom stereocenters. The molecule has 0 spiro atoms. The molecule has 0 unspecified atom stereocenters. The van der Waals surface area contributed by atoms with Gasteiger partial charge in [-0.3, -0.25) is 0 Å². The van der Waals surface area contributed by atoms with Crippen LogP contribution in [0, 0.1) is 0 Å². The molecule has 2 N–H and O–H groups in total. The van der Waals surface area contributed by atoms with Gasteiger partial charge in [-0.1, -0.05) is 12.1 Å². The van der Waals surface area contributed by atoms with E-state index in [0.717, 1.165) is 38.2 Å². The molecule has 2 aromatic rings. The summed E-state index contributed by atoms with van der Waals surface area (Å²) < 4.78 is 0. The van der Waals surface area contributed by atoms with Crippen molar-refractivity contribution in [2.24, 2.45) is 0 Å². The Morgan fingerprint density at radius 3 is 2.86 bits per heavy atom. The predicted molar refractivity (Wildman–Crippen MR) is 118 cm³/mol. The molecule has 1 aromatic heterocycles. The Labute approximate surface area is 172 Å². The van der Waals surface area contributed by atoms with Gasteiger partial charge in [0.1, 0.15) is 0 Å². The molecular formula is C22H32N4OS. The van der Waals surface area contributed by atoms with E-state index in [1.165, 1.54) is 27.7 Å². The number of likely N-dealkylation sites (tertiary alicyclic amines) is 1. The smallest absolute Gasteiger partial charge is 0.317 e. The van der Waals surface area contributed by atoms with Crippen molar-refractivity contribution in [2.45, 2.75) is 50.4 Å². The lowest BCUT2D eigenvalue weighted by molar-refractivity contribution is 0.124. The zero-order chi connectivity index (χ0) is 19.8. The fraction of sp³-hybridized carbons (Fsp3) is 0.591. The number of rotatable bonds is 5. The van der Waals surface area contributed by atoms with Gasteiger partial charge < -0.3 is 20.1 Å². The molecule has 6 heteroatoms. The summed E-state index contributed by atoms with van der Waals surface area (Å²) in [7, 11) is 2.22. The molecule has 0 radical (unpaired) electrons. The number of H-pyrrole nitrogens is 1. The van der Waals surface area contributed by atoms with Gasteiger partial charge >= 0.3 is 6.03 Å². The summed E-state index contributed by atoms with van der Waals surface area (Å²) in [6, 6.07) is 7.47. The number of fused-ring (bicyclic) bond motifs is 2. The Balaban J connectivity index is 1.64. The van der Waals surface area contributed by atoms with Crippen LogP contribution in [0.25, 0.3) is 10.9 Å². The van der Waals surface area contributed by atoms with E-state index in [4.69, 9.17) is 0 Å². The van der Waals surface area contributed by atoms with Crippen molar-refractivity contribution in [3.8, 4) is 0 Å². The standard InChI is InChI=1S/C22H32N4OS/c1-5-26(6-2)22(27)23-14-10-16-15-8-7-9-18-21(15)17(19(24-18)13-28-4)11-20(16)25(3)12-14/h7-9,14,16,20,24H,5-6,10-13H2,1-4H3,(H,23,27)/t14-,16+,20+/m0/s1. The Bertz CT molecular complexity index is 860. The average molecular weight is 401 g/mol. The molecule has 28 heavy (non-hydrogen) atoms. The molecule has 1 fully saturated rings. The summed E-state index contributed by atoms with van der Waals surface area (Å²) in [5.74, 6) is 1.50. The lowest BCUT2D eigenvalue weighted by atomic mass is 9.73. The third-order valence-corrected chi connectivity index (χ3v) is 7.18. The van der Waals surface area contributed by atoms with Gasteiger partial charge in [-0.15, -0.1) is 0 Å². The van der Waals surface area contributed by atoms with Gasteiger partial charge in [0.2, 0.25) is 0 Å². The number of aromatic amines is 1. The van der Waals surface area contributed by atoms with Crippen LogP contribution >= 0.6 is 11.8 Å². The Morgan fingerprint density at radius 2 is 2.14 bits per heavy atom. The molecule has 2 amide bonds. The second-order valence-corrected chi connectivity index (χ2v) is 9.02. The summed E-state index contributed by atoms with van der Waals surface area (Å²) >= 11 is 1.88. The van der Waals surface area contributed by atoms with Crippen LogP contribution < -0.4 is 5.32 Å². The number of carbonyl (C=O) groups excluding carboxylic acids is 1. The van der Waals surface area contributed by atoms with Crippen LogP contribution in [-0.4, -0.2) is 65.8 Å². The monoisotopic (exact) mass is 400 g/mol. The first-order valence-corrected chi connectivity index (χ1v) is 11.8. The topological polar surface area (TPSA) is 51.4 Å². The minimum Gasteiger partial charge on any atom is -0.357 e. The zero-order valence-electron chi connectivity index (χ0n) is 17.4. The van der Waals surface area contributed by atoms with E-state index in [0.29, 0.717) is 12.0 Å². The van der Waals surface area contributed by atoms with Crippen molar-refractivity contribution in [3.63, 3.8) is 0 Å². The normalized spacial score (nSPS) is 24.2. The molecule has 4 rings (SSSR count). The first kappa shape index (κ1) is 19.6. The van der Waals surface area contributed by atoms with Gasteiger partial charge in [0.15, 0.2) is 0 Å². The predicted octanol–water partition coefficient (Wildman–Crippen LogP) is 3.79. The molecule has 0 bridgehead atoms. The van der Waals surface area contributed by atoms with Gasteiger partial charge in [0.25, 0.3) is 0 Å². The zero-order valence-corrected chi connectivity index (χ0v) is 18.2.